The molecule has 7 nitrogen and oxygen atoms in total. The highest BCUT2D eigenvalue weighted by molar-refractivity contribution is 6.30. The highest BCUT2D eigenvalue weighted by Gasteiger charge is 2.38. The Morgan fingerprint density at radius 2 is 2.00 bits per heavy atom. The maximum absolute atomic E-state index is 13.6. The van der Waals surface area contributed by atoms with Crippen LogP contribution in [0.15, 0.2) is 82.5 Å². The monoisotopic (exact) mass is 659 g/mol. The Kier molecular flexibility index (Phi) is 17.6. The second-order valence-corrected chi connectivity index (χ2v) is 13.2. The number of rotatable bonds is 22. The Bertz CT molecular complexity index is 1160. The van der Waals surface area contributed by atoms with Crippen LogP contribution in [0.25, 0.3) is 0 Å². The van der Waals surface area contributed by atoms with Crippen molar-refractivity contribution in [2.45, 2.75) is 90.4 Å². The molecule has 0 saturated heterocycles. The minimum absolute atomic E-state index is 0.0143. The molecule has 0 bridgehead atoms. The van der Waals surface area contributed by atoms with Gasteiger partial charge < -0.3 is 20.1 Å². The molecule has 2 aliphatic rings. The van der Waals surface area contributed by atoms with Crippen LogP contribution < -0.4 is 5.32 Å². The molecule has 0 radical (unpaired) electrons. The SMILES string of the molecule is C=C(Cl)/C=C(/CO/C=C/C=C\C(=NC)C(CCCC1CCC1C)CCNCC1=NC(CC)C(N(C)C(CC)C(=C)O)N1C)C(=C)F. The number of amidine groups is 1. The lowest BCUT2D eigenvalue weighted by molar-refractivity contribution is 0.0761. The van der Waals surface area contributed by atoms with Gasteiger partial charge in [-0.05, 0) is 75.8 Å². The van der Waals surface area contributed by atoms with Crippen molar-refractivity contribution in [3.8, 4) is 0 Å². The molecular weight excluding hydrogens is 601 g/mol. The average molecular weight is 660 g/mol. The quantitative estimate of drug-likeness (QED) is 0.0529. The number of allylic oxidation sites excluding steroid dienone is 5. The van der Waals surface area contributed by atoms with Gasteiger partial charge in [0.2, 0.25) is 0 Å². The molecule has 1 heterocycles. The Labute approximate surface area is 283 Å². The molecule has 258 valence electrons. The number of hydrogen-bond donors (Lipinski definition) is 2. The Morgan fingerprint density at radius 3 is 2.54 bits per heavy atom. The van der Waals surface area contributed by atoms with Crippen LogP contribution in [0.4, 0.5) is 4.39 Å². The van der Waals surface area contributed by atoms with E-state index in [1.54, 1.807) is 6.08 Å². The molecule has 0 aromatic rings. The second-order valence-electron chi connectivity index (χ2n) is 12.7. The largest absolute Gasteiger partial charge is 0.511 e. The van der Waals surface area contributed by atoms with Gasteiger partial charge in [0.1, 0.15) is 30.2 Å². The zero-order chi connectivity index (χ0) is 34.2. The summed E-state index contributed by atoms with van der Waals surface area (Å²) in [5.74, 6) is 2.67. The van der Waals surface area contributed by atoms with E-state index < -0.39 is 5.83 Å². The van der Waals surface area contributed by atoms with Crippen LogP contribution in [0.5, 0.6) is 0 Å². The molecule has 46 heavy (non-hydrogen) atoms. The highest BCUT2D eigenvalue weighted by Crippen LogP contribution is 2.37. The lowest BCUT2D eigenvalue weighted by Gasteiger charge is -2.38. The molecule has 1 saturated carbocycles. The van der Waals surface area contributed by atoms with Crippen molar-refractivity contribution in [3.05, 3.63) is 72.5 Å². The molecule has 1 aliphatic carbocycles. The summed E-state index contributed by atoms with van der Waals surface area (Å²) in [4.78, 5) is 14.2. The van der Waals surface area contributed by atoms with E-state index in [-0.39, 0.29) is 41.2 Å². The van der Waals surface area contributed by atoms with E-state index in [4.69, 9.17) is 21.3 Å². The number of halogens is 2. The first-order valence-corrected chi connectivity index (χ1v) is 17.2. The molecule has 6 atom stereocenters. The molecule has 2 N–H and O–H groups in total. The molecule has 1 aliphatic heterocycles. The number of aliphatic imine (C=N–C) groups is 2. The summed E-state index contributed by atoms with van der Waals surface area (Å²) in [6, 6.07) is 0.0377. The first-order chi connectivity index (χ1) is 21.9. The third-order valence-corrected chi connectivity index (χ3v) is 9.70. The summed E-state index contributed by atoms with van der Waals surface area (Å²) in [5, 5.41) is 14.0. The molecule has 9 heteroatoms. The van der Waals surface area contributed by atoms with E-state index in [1.165, 1.54) is 38.0 Å². The molecule has 0 amide bonds. The third kappa shape index (κ3) is 12.2. The predicted molar refractivity (Wildman–Crippen MR) is 194 cm³/mol. The fourth-order valence-corrected chi connectivity index (χ4v) is 6.73. The zero-order valence-electron chi connectivity index (χ0n) is 29.2. The summed E-state index contributed by atoms with van der Waals surface area (Å²) in [7, 11) is 6.00. The second kappa shape index (κ2) is 20.5. The number of aliphatic hydroxyl groups is 1. The highest BCUT2D eigenvalue weighted by atomic mass is 35.5. The van der Waals surface area contributed by atoms with E-state index in [2.05, 4.69) is 74.7 Å². The maximum Gasteiger partial charge on any atom is 0.122 e. The Balaban J connectivity index is 1.99. The van der Waals surface area contributed by atoms with Crippen LogP contribution in [-0.4, -0.2) is 85.5 Å². The van der Waals surface area contributed by atoms with Crippen LogP contribution in [-0.2, 0) is 4.74 Å². The molecule has 6 unspecified atom stereocenters. The van der Waals surface area contributed by atoms with Gasteiger partial charge in [0.05, 0.1) is 24.9 Å². The van der Waals surface area contributed by atoms with Crippen molar-refractivity contribution < 1.29 is 14.2 Å². The predicted octanol–water partition coefficient (Wildman–Crippen LogP) is 8.35. The first kappa shape index (κ1) is 39.5. The molecule has 0 aromatic heterocycles. The fourth-order valence-electron chi connectivity index (χ4n) is 6.60. The van der Waals surface area contributed by atoms with Crippen molar-refractivity contribution in [1.82, 2.24) is 15.1 Å². The molecule has 1 fully saturated rings. The van der Waals surface area contributed by atoms with Crippen LogP contribution in [0.2, 0.25) is 0 Å². The summed E-state index contributed by atoms with van der Waals surface area (Å²) in [5.41, 5.74) is 1.31. The van der Waals surface area contributed by atoms with Gasteiger partial charge in [0, 0.05) is 36.3 Å². The average Bonchev–Trinajstić information content (AvgIpc) is 3.33. The Hall–Kier alpha value is -2.68. The normalized spacial score (nSPS) is 23.6. The molecule has 0 aromatic carbocycles. The van der Waals surface area contributed by atoms with E-state index in [0.29, 0.717) is 12.5 Å². The third-order valence-electron chi connectivity index (χ3n) is 9.59. The summed E-state index contributed by atoms with van der Waals surface area (Å²) >= 11 is 5.77. The first-order valence-electron chi connectivity index (χ1n) is 16.9. The minimum Gasteiger partial charge on any atom is -0.511 e. The van der Waals surface area contributed by atoms with Crippen LogP contribution in [0.1, 0.15) is 72.1 Å². The van der Waals surface area contributed by atoms with Gasteiger partial charge in [0.15, 0.2) is 0 Å². The Morgan fingerprint density at radius 1 is 1.26 bits per heavy atom. The fraction of sp³-hybridized carbons (Fsp3) is 0.622. The number of likely N-dealkylation sites (N-methyl/N-ethyl adjacent to an activating group) is 2. The van der Waals surface area contributed by atoms with E-state index in [0.717, 1.165) is 55.6 Å². The van der Waals surface area contributed by atoms with Crippen molar-refractivity contribution in [3.63, 3.8) is 0 Å². The van der Waals surface area contributed by atoms with Crippen molar-refractivity contribution in [2.24, 2.45) is 27.7 Å². The van der Waals surface area contributed by atoms with Gasteiger partial charge in [-0.2, -0.15) is 0 Å². The number of nitrogens with one attached hydrogen (secondary N) is 1. The number of aliphatic hydroxyl groups excluding tert-OH is 1. The molecule has 0 spiro atoms. The maximum atomic E-state index is 13.6. The van der Waals surface area contributed by atoms with Crippen molar-refractivity contribution in [1.29, 1.82) is 0 Å². The van der Waals surface area contributed by atoms with Gasteiger partial charge in [0.25, 0.3) is 0 Å². The number of ether oxygens (including phenoxy) is 1. The van der Waals surface area contributed by atoms with Crippen LogP contribution in [0, 0.1) is 17.8 Å². The molecular formula is C37H59ClFN5O2. The summed E-state index contributed by atoms with van der Waals surface area (Å²) < 4.78 is 19.1. The molecule has 2 rings (SSSR count). The summed E-state index contributed by atoms with van der Waals surface area (Å²) in [6.45, 7) is 18.8. The van der Waals surface area contributed by atoms with Crippen molar-refractivity contribution in [2.75, 3.05) is 40.8 Å². The van der Waals surface area contributed by atoms with E-state index in [9.17, 15) is 9.50 Å². The van der Waals surface area contributed by atoms with Crippen LogP contribution in [0.3, 0.4) is 0 Å². The van der Waals surface area contributed by atoms with Gasteiger partial charge >= 0.3 is 0 Å². The zero-order valence-corrected chi connectivity index (χ0v) is 29.9. The number of nitrogens with zero attached hydrogens (tertiary/aromatic N) is 4. The smallest absolute Gasteiger partial charge is 0.122 e. The van der Waals surface area contributed by atoms with Crippen molar-refractivity contribution >= 4 is 23.1 Å². The van der Waals surface area contributed by atoms with Gasteiger partial charge in [-0.3, -0.25) is 14.9 Å². The number of hydrogen-bond acceptors (Lipinski definition) is 7. The van der Waals surface area contributed by atoms with E-state index in [1.807, 2.05) is 19.2 Å². The summed E-state index contributed by atoms with van der Waals surface area (Å²) in [6.07, 6.45) is 17.7. The van der Waals surface area contributed by atoms with E-state index >= 15 is 0 Å². The lowest BCUT2D eigenvalue weighted by Crippen LogP contribution is -2.53. The topological polar surface area (TPSA) is 72.7 Å². The standard InChI is InChI=1S/C37H59ClFN5O2/c1-10-33-37(43(8)35(11-2)29(6)45)44(9)36(42-33)24-41-21-20-31(16-14-15-30-19-18-26(30)3)34(40-7)17-12-13-22-46-25-32(28(5)39)23-27(4)38/h12-13,17,22-23,26,30-31,33,35,37,41,45H,4-6,10-11,14-16,18-21,24-25H2,1-3,7-9H3/b17-12-,22-13+,32-23-,40-34?. The van der Waals surface area contributed by atoms with Crippen LogP contribution >= 0.6 is 11.6 Å². The lowest BCUT2D eigenvalue weighted by atomic mass is 9.72. The van der Waals surface area contributed by atoms with Gasteiger partial charge in [-0.1, -0.05) is 77.4 Å². The van der Waals surface area contributed by atoms with Gasteiger partial charge in [-0.25, -0.2) is 4.39 Å². The van der Waals surface area contributed by atoms with Gasteiger partial charge in [-0.15, -0.1) is 0 Å². The minimum atomic E-state index is -0.596.